The molecule has 2 heterocycles. The van der Waals surface area contributed by atoms with Gasteiger partial charge in [0.05, 0.1) is 6.10 Å². The zero-order chi connectivity index (χ0) is 18.1. The summed E-state index contributed by atoms with van der Waals surface area (Å²) in [5, 5.41) is 10.7. The number of benzene rings is 2. The molecule has 2 aliphatic rings. The van der Waals surface area contributed by atoms with Gasteiger partial charge in [0.2, 0.25) is 5.79 Å². The molecule has 0 unspecified atom stereocenters. The lowest BCUT2D eigenvalue weighted by molar-refractivity contribution is -0.162. The van der Waals surface area contributed by atoms with Gasteiger partial charge < -0.3 is 19.3 Å². The van der Waals surface area contributed by atoms with Gasteiger partial charge in [-0.25, -0.2) is 0 Å². The second-order valence-electron chi connectivity index (χ2n) is 6.67. The van der Waals surface area contributed by atoms with Gasteiger partial charge in [-0.15, -0.1) is 11.8 Å². The van der Waals surface area contributed by atoms with Gasteiger partial charge in [-0.2, -0.15) is 0 Å². The van der Waals surface area contributed by atoms with Crippen LogP contribution in [0.1, 0.15) is 25.0 Å². The number of aliphatic hydroxyl groups is 1. The monoisotopic (exact) mass is 372 g/mol. The summed E-state index contributed by atoms with van der Waals surface area (Å²) in [4.78, 5) is 0. The van der Waals surface area contributed by atoms with E-state index in [0.717, 1.165) is 16.9 Å². The molecule has 2 fully saturated rings. The zero-order valence-electron chi connectivity index (χ0n) is 14.9. The van der Waals surface area contributed by atoms with Gasteiger partial charge in [0, 0.05) is 11.1 Å². The lowest BCUT2D eigenvalue weighted by Crippen LogP contribution is -2.54. The van der Waals surface area contributed by atoms with Crippen LogP contribution in [0.2, 0.25) is 0 Å². The second kappa shape index (κ2) is 7.33. The Morgan fingerprint density at radius 1 is 0.923 bits per heavy atom. The summed E-state index contributed by atoms with van der Waals surface area (Å²) in [6.07, 6.45) is -1.82. The van der Waals surface area contributed by atoms with E-state index in [0.29, 0.717) is 0 Å². The maximum Gasteiger partial charge on any atom is 0.223 e. The number of fused-ring (bicyclic) bond motifs is 1. The van der Waals surface area contributed by atoms with Gasteiger partial charge in [-0.1, -0.05) is 67.6 Å². The standard InChI is InChI=1S/C21H24O4S/c1-3-26-20-19-18(17(22)14(2)23-20)24-21(25-19,15-10-6-4-7-11-15)16-12-8-5-9-13-16/h4-14,17-20,22H,3H2,1-2H3/t14-,17-,18+,19+,20-/m0/s1. The van der Waals surface area contributed by atoms with E-state index in [1.54, 1.807) is 11.8 Å². The minimum absolute atomic E-state index is 0.169. The van der Waals surface area contributed by atoms with E-state index >= 15 is 0 Å². The van der Waals surface area contributed by atoms with Crippen LogP contribution in [0.5, 0.6) is 0 Å². The van der Waals surface area contributed by atoms with Gasteiger partial charge in [0.25, 0.3) is 0 Å². The van der Waals surface area contributed by atoms with E-state index in [1.165, 1.54) is 0 Å². The summed E-state index contributed by atoms with van der Waals surface area (Å²) in [5.74, 6) is -0.136. The van der Waals surface area contributed by atoms with Crippen molar-refractivity contribution in [3.63, 3.8) is 0 Å². The average molecular weight is 372 g/mol. The molecule has 0 radical (unpaired) electrons. The van der Waals surface area contributed by atoms with E-state index in [1.807, 2.05) is 67.6 Å². The summed E-state index contributed by atoms with van der Waals surface area (Å²) < 4.78 is 19.1. The maximum atomic E-state index is 10.7. The van der Waals surface area contributed by atoms with Crippen LogP contribution in [-0.2, 0) is 20.0 Å². The van der Waals surface area contributed by atoms with Crippen molar-refractivity contribution < 1.29 is 19.3 Å². The van der Waals surface area contributed by atoms with Gasteiger partial charge in [0.15, 0.2) is 0 Å². The fraction of sp³-hybridized carbons (Fsp3) is 0.429. The number of rotatable bonds is 4. The molecule has 0 amide bonds. The molecule has 0 aromatic heterocycles. The molecule has 4 rings (SSSR count). The van der Waals surface area contributed by atoms with E-state index in [-0.39, 0.29) is 17.6 Å². The Kier molecular flexibility index (Phi) is 5.08. The first-order chi connectivity index (χ1) is 12.7. The Hall–Kier alpha value is -1.37. The molecule has 26 heavy (non-hydrogen) atoms. The quantitative estimate of drug-likeness (QED) is 0.890. The number of hydrogen-bond acceptors (Lipinski definition) is 5. The summed E-state index contributed by atoms with van der Waals surface area (Å²) in [6, 6.07) is 19.9. The third kappa shape index (κ3) is 2.98. The third-order valence-electron chi connectivity index (χ3n) is 5.00. The second-order valence-corrected chi connectivity index (χ2v) is 8.04. The molecule has 4 nitrogen and oxygen atoms in total. The molecule has 0 bridgehead atoms. The highest BCUT2D eigenvalue weighted by Crippen LogP contribution is 2.48. The number of thioether (sulfide) groups is 1. The normalized spacial score (nSPS) is 33.0. The molecule has 1 N–H and O–H groups in total. The molecule has 5 heteroatoms. The average Bonchev–Trinajstić information content (AvgIpc) is 3.10. The third-order valence-corrected chi connectivity index (χ3v) is 6.04. The Labute approximate surface area is 158 Å². The van der Waals surface area contributed by atoms with Crippen molar-refractivity contribution in [3.05, 3.63) is 71.8 Å². The van der Waals surface area contributed by atoms with E-state index in [4.69, 9.17) is 14.2 Å². The van der Waals surface area contributed by atoms with Crippen LogP contribution in [0, 0.1) is 0 Å². The molecule has 0 aliphatic carbocycles. The molecule has 2 aromatic carbocycles. The molecular weight excluding hydrogens is 348 g/mol. The minimum Gasteiger partial charge on any atom is -0.388 e. The molecule has 138 valence electrons. The van der Waals surface area contributed by atoms with Gasteiger partial charge in [0.1, 0.15) is 23.7 Å². The van der Waals surface area contributed by atoms with Gasteiger partial charge in [-0.3, -0.25) is 0 Å². The number of hydrogen-bond donors (Lipinski definition) is 1. The first kappa shape index (κ1) is 18.0. The molecule has 2 saturated heterocycles. The largest absolute Gasteiger partial charge is 0.388 e. The summed E-state index contributed by atoms with van der Waals surface area (Å²) in [6.45, 7) is 3.98. The van der Waals surface area contributed by atoms with Crippen LogP contribution < -0.4 is 0 Å². The smallest absolute Gasteiger partial charge is 0.223 e. The fourth-order valence-corrected chi connectivity index (χ4v) is 4.69. The minimum atomic E-state index is -1.04. The topological polar surface area (TPSA) is 47.9 Å². The number of ether oxygens (including phenoxy) is 3. The predicted octanol–water partition coefficient (Wildman–Crippen LogP) is 3.53. The van der Waals surface area contributed by atoms with E-state index in [2.05, 4.69) is 6.92 Å². The van der Waals surface area contributed by atoms with Crippen molar-refractivity contribution >= 4 is 11.8 Å². The van der Waals surface area contributed by atoms with Crippen LogP contribution >= 0.6 is 11.8 Å². The lowest BCUT2D eigenvalue weighted by Gasteiger charge is -2.38. The Morgan fingerprint density at radius 2 is 1.46 bits per heavy atom. The fourth-order valence-electron chi connectivity index (χ4n) is 3.71. The van der Waals surface area contributed by atoms with Crippen molar-refractivity contribution in [1.29, 1.82) is 0 Å². The van der Waals surface area contributed by atoms with Crippen molar-refractivity contribution in [2.45, 2.75) is 49.5 Å². The molecule has 2 aliphatic heterocycles. The van der Waals surface area contributed by atoms with Crippen LogP contribution in [0.4, 0.5) is 0 Å². The van der Waals surface area contributed by atoms with Gasteiger partial charge in [-0.05, 0) is 12.7 Å². The Bertz CT molecular complexity index is 684. The molecule has 0 spiro atoms. The highest BCUT2D eigenvalue weighted by molar-refractivity contribution is 7.99. The first-order valence-electron chi connectivity index (χ1n) is 9.07. The predicted molar refractivity (Wildman–Crippen MR) is 102 cm³/mol. The maximum absolute atomic E-state index is 10.7. The molecule has 5 atom stereocenters. The van der Waals surface area contributed by atoms with Crippen molar-refractivity contribution in [3.8, 4) is 0 Å². The molecule has 2 aromatic rings. The Morgan fingerprint density at radius 3 is 2.00 bits per heavy atom. The molecule has 0 saturated carbocycles. The van der Waals surface area contributed by atoms with E-state index in [9.17, 15) is 5.11 Å². The SMILES string of the molecule is CCS[C@@H]1O[C@@H](C)[C@H](O)[C@H]2OC(c3ccccc3)(c3ccccc3)O[C@H]21. The van der Waals surface area contributed by atoms with E-state index < -0.39 is 18.0 Å². The van der Waals surface area contributed by atoms with Crippen LogP contribution in [-0.4, -0.2) is 40.7 Å². The first-order valence-corrected chi connectivity index (χ1v) is 10.1. The van der Waals surface area contributed by atoms with Crippen LogP contribution in [0.25, 0.3) is 0 Å². The highest BCUT2D eigenvalue weighted by Gasteiger charge is 2.58. The Balaban J connectivity index is 1.79. The van der Waals surface area contributed by atoms with Crippen molar-refractivity contribution in [2.75, 3.05) is 5.75 Å². The van der Waals surface area contributed by atoms with Crippen LogP contribution in [0.3, 0.4) is 0 Å². The highest BCUT2D eigenvalue weighted by atomic mass is 32.2. The molecular formula is C21H24O4S. The van der Waals surface area contributed by atoms with Crippen LogP contribution in [0.15, 0.2) is 60.7 Å². The summed E-state index contributed by atoms with van der Waals surface area (Å²) in [5.41, 5.74) is 1.67. The summed E-state index contributed by atoms with van der Waals surface area (Å²) >= 11 is 1.69. The zero-order valence-corrected chi connectivity index (χ0v) is 15.8. The van der Waals surface area contributed by atoms with Crippen molar-refractivity contribution in [2.24, 2.45) is 0 Å². The van der Waals surface area contributed by atoms with Crippen molar-refractivity contribution in [1.82, 2.24) is 0 Å². The number of aliphatic hydroxyl groups excluding tert-OH is 1. The summed E-state index contributed by atoms with van der Waals surface area (Å²) in [7, 11) is 0. The lowest BCUT2D eigenvalue weighted by atomic mass is 9.97. The van der Waals surface area contributed by atoms with Gasteiger partial charge >= 0.3 is 0 Å².